The molecule has 5 heteroatoms. The molecule has 4 nitrogen and oxygen atoms in total. The van der Waals surface area contributed by atoms with Gasteiger partial charge in [0.25, 0.3) is 0 Å². The van der Waals surface area contributed by atoms with Crippen LogP contribution in [0, 0.1) is 0 Å². The monoisotopic (exact) mass is 370 g/mol. The van der Waals surface area contributed by atoms with Crippen LogP contribution in [-0.2, 0) is 0 Å². The van der Waals surface area contributed by atoms with Crippen molar-refractivity contribution in [2.24, 2.45) is 0 Å². The third-order valence-corrected chi connectivity index (χ3v) is 4.09. The highest BCUT2D eigenvalue weighted by Crippen LogP contribution is 2.24. The van der Waals surface area contributed by atoms with Crippen molar-refractivity contribution in [1.29, 1.82) is 0 Å². The van der Waals surface area contributed by atoms with Crippen LogP contribution in [0.5, 0.6) is 0 Å². The summed E-state index contributed by atoms with van der Waals surface area (Å²) in [6.07, 6.45) is 5.84. The van der Waals surface area contributed by atoms with Gasteiger partial charge in [-0.2, -0.15) is 0 Å². The van der Waals surface area contributed by atoms with Crippen molar-refractivity contribution in [3.63, 3.8) is 0 Å². The van der Waals surface area contributed by atoms with Crippen molar-refractivity contribution in [3.8, 4) is 0 Å². The maximum absolute atomic E-state index is 4.41. The minimum Gasteiger partial charge on any atom is -0.384 e. The standard InChI is InChI=1S/C18H19BrN4/c19-14-6-7-15-16(8-12-21-17(15)13-14)20-9-3-4-11-23-18-5-1-2-10-22-18/h1-2,5-8,10,12-13H,3-4,9,11H2,(H,20,21)(H,22,23). The molecule has 0 atom stereocenters. The number of hydrogen-bond acceptors (Lipinski definition) is 4. The third kappa shape index (κ3) is 4.42. The van der Waals surface area contributed by atoms with Gasteiger partial charge in [-0.1, -0.05) is 22.0 Å². The Balaban J connectivity index is 1.46. The molecule has 2 aromatic heterocycles. The summed E-state index contributed by atoms with van der Waals surface area (Å²) < 4.78 is 1.05. The summed E-state index contributed by atoms with van der Waals surface area (Å²) >= 11 is 3.48. The highest BCUT2D eigenvalue weighted by Gasteiger charge is 2.02. The lowest BCUT2D eigenvalue weighted by atomic mass is 10.2. The SMILES string of the molecule is Brc1ccc2c(NCCCCNc3ccccn3)ccnc2c1. The molecule has 0 saturated heterocycles. The zero-order chi connectivity index (χ0) is 15.9. The Kier molecular flexibility index (Phi) is 5.42. The predicted octanol–water partition coefficient (Wildman–Crippen LogP) is 4.70. The Morgan fingerprint density at radius 2 is 1.74 bits per heavy atom. The van der Waals surface area contributed by atoms with Gasteiger partial charge in [0.05, 0.1) is 5.52 Å². The second-order valence-corrected chi connectivity index (χ2v) is 6.21. The van der Waals surface area contributed by atoms with E-state index in [0.717, 1.165) is 52.8 Å². The molecule has 0 aliphatic carbocycles. The Hall–Kier alpha value is -2.14. The summed E-state index contributed by atoms with van der Waals surface area (Å²) in [6, 6.07) is 14.1. The van der Waals surface area contributed by atoms with Gasteiger partial charge in [0.1, 0.15) is 5.82 Å². The first-order valence-corrected chi connectivity index (χ1v) is 8.55. The molecule has 0 aliphatic rings. The van der Waals surface area contributed by atoms with Crippen LogP contribution < -0.4 is 10.6 Å². The summed E-state index contributed by atoms with van der Waals surface area (Å²) in [4.78, 5) is 8.65. The largest absolute Gasteiger partial charge is 0.384 e. The summed E-state index contributed by atoms with van der Waals surface area (Å²) in [5, 5.41) is 7.99. The molecular weight excluding hydrogens is 352 g/mol. The summed E-state index contributed by atoms with van der Waals surface area (Å²) in [6.45, 7) is 1.88. The number of fused-ring (bicyclic) bond motifs is 1. The number of unbranched alkanes of at least 4 members (excludes halogenated alkanes) is 1. The number of aromatic nitrogens is 2. The normalized spacial score (nSPS) is 10.7. The number of pyridine rings is 2. The van der Waals surface area contributed by atoms with Crippen molar-refractivity contribution in [1.82, 2.24) is 9.97 Å². The minimum absolute atomic E-state index is 0.933. The van der Waals surface area contributed by atoms with Gasteiger partial charge >= 0.3 is 0 Å². The van der Waals surface area contributed by atoms with Crippen molar-refractivity contribution >= 4 is 38.3 Å². The number of anilines is 2. The molecule has 0 fully saturated rings. The number of hydrogen-bond donors (Lipinski definition) is 2. The van der Waals surface area contributed by atoms with E-state index in [2.05, 4.69) is 42.6 Å². The summed E-state index contributed by atoms with van der Waals surface area (Å²) in [7, 11) is 0. The molecule has 3 rings (SSSR count). The van der Waals surface area contributed by atoms with Crippen molar-refractivity contribution < 1.29 is 0 Å². The Labute approximate surface area is 144 Å². The molecule has 2 N–H and O–H groups in total. The average Bonchev–Trinajstić information content (AvgIpc) is 2.58. The molecule has 118 valence electrons. The Bertz CT molecular complexity index is 761. The molecule has 0 bridgehead atoms. The first-order chi connectivity index (χ1) is 11.3. The minimum atomic E-state index is 0.933. The van der Waals surface area contributed by atoms with Crippen LogP contribution in [0.3, 0.4) is 0 Å². The molecule has 0 unspecified atom stereocenters. The maximum Gasteiger partial charge on any atom is 0.125 e. The van der Waals surface area contributed by atoms with E-state index in [1.54, 1.807) is 6.20 Å². The van der Waals surface area contributed by atoms with Gasteiger partial charge in [-0.15, -0.1) is 0 Å². The van der Waals surface area contributed by atoms with E-state index in [1.165, 1.54) is 0 Å². The Morgan fingerprint density at radius 3 is 2.57 bits per heavy atom. The van der Waals surface area contributed by atoms with Gasteiger partial charge in [-0.05, 0) is 49.2 Å². The smallest absolute Gasteiger partial charge is 0.125 e. The van der Waals surface area contributed by atoms with E-state index in [1.807, 2.05) is 42.6 Å². The second-order valence-electron chi connectivity index (χ2n) is 5.30. The third-order valence-electron chi connectivity index (χ3n) is 3.59. The molecule has 3 aromatic rings. The maximum atomic E-state index is 4.41. The molecular formula is C18H19BrN4. The van der Waals surface area contributed by atoms with Crippen LogP contribution in [0.25, 0.3) is 10.9 Å². The fourth-order valence-corrected chi connectivity index (χ4v) is 2.78. The van der Waals surface area contributed by atoms with E-state index in [4.69, 9.17) is 0 Å². The van der Waals surface area contributed by atoms with Crippen LogP contribution >= 0.6 is 15.9 Å². The lowest BCUT2D eigenvalue weighted by Crippen LogP contribution is -2.07. The Morgan fingerprint density at radius 1 is 0.870 bits per heavy atom. The molecule has 0 amide bonds. The number of nitrogens with zero attached hydrogens (tertiary/aromatic N) is 2. The van der Waals surface area contributed by atoms with Crippen LogP contribution in [0.15, 0.2) is 59.3 Å². The topological polar surface area (TPSA) is 49.8 Å². The van der Waals surface area contributed by atoms with Gasteiger partial charge in [-0.25, -0.2) is 4.98 Å². The van der Waals surface area contributed by atoms with Crippen LogP contribution in [0.4, 0.5) is 11.5 Å². The van der Waals surface area contributed by atoms with Gasteiger partial charge in [-0.3, -0.25) is 4.98 Å². The van der Waals surface area contributed by atoms with Crippen LogP contribution in [0.1, 0.15) is 12.8 Å². The second kappa shape index (κ2) is 7.92. The van der Waals surface area contributed by atoms with E-state index in [9.17, 15) is 0 Å². The fraction of sp³-hybridized carbons (Fsp3) is 0.222. The van der Waals surface area contributed by atoms with Crippen molar-refractivity contribution in [3.05, 3.63) is 59.3 Å². The molecule has 0 radical (unpaired) electrons. The van der Waals surface area contributed by atoms with Crippen LogP contribution in [-0.4, -0.2) is 23.1 Å². The quantitative estimate of drug-likeness (QED) is 0.592. The van der Waals surface area contributed by atoms with Gasteiger partial charge in [0.15, 0.2) is 0 Å². The van der Waals surface area contributed by atoms with E-state index >= 15 is 0 Å². The number of benzene rings is 1. The number of halogens is 1. The van der Waals surface area contributed by atoms with Crippen LogP contribution in [0.2, 0.25) is 0 Å². The van der Waals surface area contributed by atoms with E-state index in [-0.39, 0.29) is 0 Å². The molecule has 1 aromatic carbocycles. The van der Waals surface area contributed by atoms with Crippen molar-refractivity contribution in [2.45, 2.75) is 12.8 Å². The first-order valence-electron chi connectivity index (χ1n) is 7.76. The van der Waals surface area contributed by atoms with Gasteiger partial charge in [0.2, 0.25) is 0 Å². The lowest BCUT2D eigenvalue weighted by Gasteiger charge is -2.10. The molecule has 23 heavy (non-hydrogen) atoms. The lowest BCUT2D eigenvalue weighted by molar-refractivity contribution is 0.794. The summed E-state index contributed by atoms with van der Waals surface area (Å²) in [5.41, 5.74) is 2.14. The van der Waals surface area contributed by atoms with Gasteiger partial charge < -0.3 is 10.6 Å². The number of nitrogens with one attached hydrogen (secondary N) is 2. The molecule has 0 spiro atoms. The van der Waals surface area contributed by atoms with E-state index in [0.29, 0.717) is 0 Å². The van der Waals surface area contributed by atoms with Crippen molar-refractivity contribution in [2.75, 3.05) is 23.7 Å². The predicted molar refractivity (Wildman–Crippen MR) is 99.9 cm³/mol. The number of rotatable bonds is 7. The highest BCUT2D eigenvalue weighted by molar-refractivity contribution is 9.10. The average molecular weight is 371 g/mol. The molecule has 2 heterocycles. The first kappa shape index (κ1) is 15.7. The molecule has 0 saturated carbocycles. The van der Waals surface area contributed by atoms with Gasteiger partial charge in [0, 0.05) is 41.0 Å². The zero-order valence-corrected chi connectivity index (χ0v) is 14.4. The molecule has 0 aliphatic heterocycles. The highest BCUT2D eigenvalue weighted by atomic mass is 79.9. The van der Waals surface area contributed by atoms with E-state index < -0.39 is 0 Å². The fourth-order valence-electron chi connectivity index (χ4n) is 2.43. The zero-order valence-electron chi connectivity index (χ0n) is 12.8. The summed E-state index contributed by atoms with van der Waals surface area (Å²) in [5.74, 6) is 0.936.